The van der Waals surface area contributed by atoms with Crippen LogP contribution in [0.4, 0.5) is 0 Å². The number of hydrazine groups is 1. The highest BCUT2D eigenvalue weighted by atomic mass is 16.2. The third kappa shape index (κ3) is 2.90. The molecule has 0 fully saturated rings. The van der Waals surface area contributed by atoms with Crippen molar-refractivity contribution in [3.05, 3.63) is 29.6 Å². The minimum Gasteiger partial charge on any atom is -0.337 e. The van der Waals surface area contributed by atoms with Crippen LogP contribution in [0.1, 0.15) is 24.1 Å². The lowest BCUT2D eigenvalue weighted by atomic mass is 9.94. The maximum atomic E-state index is 12.2. The number of pyridine rings is 1. The van der Waals surface area contributed by atoms with Crippen LogP contribution in [0, 0.1) is 0 Å². The molecule has 2 rings (SSSR count). The molecule has 2 heterocycles. The van der Waals surface area contributed by atoms with Crippen molar-refractivity contribution in [2.45, 2.75) is 19.4 Å². The van der Waals surface area contributed by atoms with Crippen LogP contribution in [0.5, 0.6) is 0 Å². The molecule has 1 aromatic heterocycles. The Morgan fingerprint density at radius 1 is 1.47 bits per heavy atom. The topological polar surface area (TPSA) is 65.5 Å². The zero-order valence-electron chi connectivity index (χ0n) is 11.4. The Morgan fingerprint density at radius 3 is 2.84 bits per heavy atom. The first-order valence-corrected chi connectivity index (χ1v) is 6.16. The van der Waals surface area contributed by atoms with Crippen molar-refractivity contribution in [1.29, 1.82) is 0 Å². The number of amides is 2. The van der Waals surface area contributed by atoms with Gasteiger partial charge < -0.3 is 4.90 Å². The molecule has 1 aliphatic heterocycles. The van der Waals surface area contributed by atoms with E-state index in [4.69, 9.17) is 0 Å². The number of aromatic nitrogens is 1. The number of hydrogen-bond acceptors (Lipinski definition) is 4. The van der Waals surface area contributed by atoms with E-state index in [0.717, 1.165) is 11.3 Å². The van der Waals surface area contributed by atoms with E-state index in [9.17, 15) is 9.59 Å². The molecule has 6 heteroatoms. The average molecular weight is 262 g/mol. The second kappa shape index (κ2) is 5.36. The molecule has 0 aromatic carbocycles. The fourth-order valence-corrected chi connectivity index (χ4v) is 2.22. The van der Waals surface area contributed by atoms with Crippen molar-refractivity contribution >= 4 is 11.8 Å². The van der Waals surface area contributed by atoms with Crippen molar-refractivity contribution in [3.63, 3.8) is 0 Å². The van der Waals surface area contributed by atoms with E-state index in [1.54, 1.807) is 30.2 Å². The molecule has 1 N–H and O–H groups in total. The lowest BCUT2D eigenvalue weighted by Gasteiger charge is -2.33. The molecule has 19 heavy (non-hydrogen) atoms. The molecule has 0 saturated heterocycles. The smallest absolute Gasteiger partial charge is 0.245 e. The summed E-state index contributed by atoms with van der Waals surface area (Å²) in [5.74, 6) is -0.593. The van der Waals surface area contributed by atoms with Gasteiger partial charge in [-0.2, -0.15) is 0 Å². The molecular formula is C13H18N4O2. The van der Waals surface area contributed by atoms with Gasteiger partial charge in [0.2, 0.25) is 11.8 Å². The lowest BCUT2D eigenvalue weighted by Crippen LogP contribution is -2.46. The van der Waals surface area contributed by atoms with Crippen LogP contribution in [0.2, 0.25) is 0 Å². The van der Waals surface area contributed by atoms with Crippen molar-refractivity contribution in [1.82, 2.24) is 20.3 Å². The summed E-state index contributed by atoms with van der Waals surface area (Å²) in [6.07, 6.45) is 1.68. The highest BCUT2D eigenvalue weighted by molar-refractivity contribution is 5.85. The minimum absolute atomic E-state index is 0.0304. The maximum absolute atomic E-state index is 12.2. The summed E-state index contributed by atoms with van der Waals surface area (Å²) in [5, 5.41) is 1.59. The number of hydrogen-bond donors (Lipinski definition) is 1. The number of fused-ring (bicyclic) bond motifs is 1. The van der Waals surface area contributed by atoms with Gasteiger partial charge in [-0.3, -0.25) is 20.0 Å². The normalized spacial score (nSPS) is 18.1. The predicted molar refractivity (Wildman–Crippen MR) is 69.9 cm³/mol. The Bertz CT molecular complexity index is 501. The first-order chi connectivity index (χ1) is 8.99. The summed E-state index contributed by atoms with van der Waals surface area (Å²) in [5.41, 5.74) is 4.43. The van der Waals surface area contributed by atoms with Gasteiger partial charge in [0.15, 0.2) is 0 Å². The van der Waals surface area contributed by atoms with Crippen molar-refractivity contribution in [2.75, 3.05) is 20.6 Å². The van der Waals surface area contributed by atoms with Gasteiger partial charge in [-0.25, -0.2) is 5.01 Å². The van der Waals surface area contributed by atoms with Gasteiger partial charge in [-0.1, -0.05) is 6.07 Å². The maximum Gasteiger partial charge on any atom is 0.245 e. The summed E-state index contributed by atoms with van der Waals surface area (Å²) in [4.78, 5) is 29.7. The van der Waals surface area contributed by atoms with Crippen molar-refractivity contribution in [3.8, 4) is 0 Å². The van der Waals surface area contributed by atoms with Crippen LogP contribution in [-0.4, -0.2) is 47.3 Å². The first-order valence-electron chi connectivity index (χ1n) is 6.16. The molecule has 1 aliphatic rings. The Kier molecular flexibility index (Phi) is 3.80. The van der Waals surface area contributed by atoms with E-state index in [1.165, 1.54) is 6.92 Å². The quantitative estimate of drug-likeness (QED) is 0.769. The second-order valence-electron chi connectivity index (χ2n) is 4.87. The Labute approximate surface area is 112 Å². The molecule has 6 nitrogen and oxygen atoms in total. The van der Waals surface area contributed by atoms with Crippen LogP contribution in [0.15, 0.2) is 18.3 Å². The third-order valence-electron chi connectivity index (χ3n) is 3.12. The fourth-order valence-electron chi connectivity index (χ4n) is 2.22. The van der Waals surface area contributed by atoms with Crippen LogP contribution in [-0.2, 0) is 16.1 Å². The molecule has 1 aromatic rings. The van der Waals surface area contributed by atoms with Crippen molar-refractivity contribution < 1.29 is 9.59 Å². The number of carbonyl (C=O) groups is 2. The molecule has 0 spiro atoms. The summed E-state index contributed by atoms with van der Waals surface area (Å²) in [6, 6.07) is 3.73. The average Bonchev–Trinajstić information content (AvgIpc) is 2.36. The van der Waals surface area contributed by atoms with E-state index < -0.39 is 5.92 Å². The number of rotatable bonds is 2. The molecule has 0 saturated carbocycles. The number of carbonyl (C=O) groups excluding carboxylic acids is 2. The Morgan fingerprint density at radius 2 is 2.21 bits per heavy atom. The molecule has 0 bridgehead atoms. The van der Waals surface area contributed by atoms with Gasteiger partial charge in [0, 0.05) is 40.3 Å². The van der Waals surface area contributed by atoms with E-state index in [0.29, 0.717) is 13.1 Å². The van der Waals surface area contributed by atoms with Crippen LogP contribution >= 0.6 is 0 Å². The summed E-state index contributed by atoms with van der Waals surface area (Å²) in [7, 11) is 3.51. The second-order valence-corrected chi connectivity index (χ2v) is 4.87. The summed E-state index contributed by atoms with van der Waals surface area (Å²) >= 11 is 0. The van der Waals surface area contributed by atoms with Gasteiger partial charge in [0.25, 0.3) is 0 Å². The molecule has 1 unspecified atom stereocenters. The number of nitrogens with one attached hydrogen (secondary N) is 1. The largest absolute Gasteiger partial charge is 0.337 e. The van der Waals surface area contributed by atoms with E-state index in [-0.39, 0.29) is 11.8 Å². The highest BCUT2D eigenvalue weighted by Gasteiger charge is 2.32. The van der Waals surface area contributed by atoms with E-state index >= 15 is 0 Å². The predicted octanol–water partition coefficient (Wildman–Crippen LogP) is 0.120. The Hall–Kier alpha value is -1.95. The Balaban J connectivity index is 2.31. The van der Waals surface area contributed by atoms with Gasteiger partial charge >= 0.3 is 0 Å². The van der Waals surface area contributed by atoms with Crippen LogP contribution < -0.4 is 5.43 Å². The first kappa shape index (κ1) is 13.5. The van der Waals surface area contributed by atoms with E-state index in [2.05, 4.69) is 10.4 Å². The SMILES string of the molecule is CC(=O)N1Cc2cccnc2C(C(=O)NN(C)C)C1. The van der Waals surface area contributed by atoms with Gasteiger partial charge in [0.05, 0.1) is 11.6 Å². The van der Waals surface area contributed by atoms with Crippen LogP contribution in [0.25, 0.3) is 0 Å². The zero-order valence-corrected chi connectivity index (χ0v) is 11.4. The van der Waals surface area contributed by atoms with Gasteiger partial charge in [-0.15, -0.1) is 0 Å². The van der Waals surface area contributed by atoms with Gasteiger partial charge in [0.1, 0.15) is 0 Å². The summed E-state index contributed by atoms with van der Waals surface area (Å²) in [6.45, 7) is 2.41. The molecule has 102 valence electrons. The van der Waals surface area contributed by atoms with E-state index in [1.807, 2.05) is 12.1 Å². The molecular weight excluding hydrogens is 244 g/mol. The molecule has 0 radical (unpaired) electrons. The number of nitrogens with zero attached hydrogens (tertiary/aromatic N) is 3. The monoisotopic (exact) mass is 262 g/mol. The standard InChI is InChI=1S/C13H18N4O2/c1-9(18)17-7-10-5-4-6-14-12(10)11(8-17)13(19)15-16(2)3/h4-6,11H,7-8H2,1-3H3,(H,15,19). The summed E-state index contributed by atoms with van der Waals surface area (Å²) < 4.78 is 0. The van der Waals surface area contributed by atoms with Gasteiger partial charge in [-0.05, 0) is 11.6 Å². The van der Waals surface area contributed by atoms with Crippen LogP contribution in [0.3, 0.4) is 0 Å². The highest BCUT2D eigenvalue weighted by Crippen LogP contribution is 2.26. The fraction of sp³-hybridized carbons (Fsp3) is 0.462. The molecule has 2 amide bonds. The minimum atomic E-state index is -0.420. The van der Waals surface area contributed by atoms with Crippen molar-refractivity contribution in [2.24, 2.45) is 0 Å². The molecule has 0 aliphatic carbocycles. The molecule has 1 atom stereocenters. The lowest BCUT2D eigenvalue weighted by molar-refractivity contribution is -0.132. The third-order valence-corrected chi connectivity index (χ3v) is 3.12. The zero-order chi connectivity index (χ0) is 14.0.